The largest absolute Gasteiger partial charge is 0.451 e. The number of para-hydroxylation sites is 1. The first kappa shape index (κ1) is 17.6. The molecule has 1 heterocycles. The van der Waals surface area contributed by atoms with E-state index < -0.39 is 24.0 Å². The minimum Gasteiger partial charge on any atom is -0.451 e. The molecule has 1 saturated carbocycles. The normalized spacial score (nSPS) is 15.6. The number of nitriles is 1. The van der Waals surface area contributed by atoms with Crippen LogP contribution in [0.3, 0.4) is 0 Å². The van der Waals surface area contributed by atoms with Crippen LogP contribution in [0.2, 0.25) is 0 Å². The lowest BCUT2D eigenvalue weighted by Crippen LogP contribution is -2.48. The lowest BCUT2D eigenvalue weighted by atomic mass is 9.98. The van der Waals surface area contributed by atoms with Gasteiger partial charge in [0, 0.05) is 0 Å². The molecule has 2 aromatic rings. The molecular formula is C18H19N5O3. The van der Waals surface area contributed by atoms with E-state index in [1.165, 1.54) is 4.80 Å². The standard InChI is InChI=1S/C18H19N5O3/c1-12-16(22-23(21-12)14-6-4-3-5-7-14)17(25)26-10-15(24)20-18(2,11-19)13-8-9-13/h3-7,13H,8-10H2,1-2H3,(H,20,24)/t18-/m1/s1. The summed E-state index contributed by atoms with van der Waals surface area (Å²) in [6.45, 7) is 2.85. The molecule has 0 spiro atoms. The van der Waals surface area contributed by atoms with E-state index in [4.69, 9.17) is 4.74 Å². The molecule has 1 aliphatic carbocycles. The SMILES string of the molecule is Cc1nn(-c2ccccc2)nc1C(=O)OCC(=O)N[C@](C)(C#N)C1CC1. The summed E-state index contributed by atoms with van der Waals surface area (Å²) in [5, 5.41) is 20.2. The number of amides is 1. The van der Waals surface area contributed by atoms with Gasteiger partial charge in [-0.2, -0.15) is 15.2 Å². The molecule has 134 valence electrons. The summed E-state index contributed by atoms with van der Waals surface area (Å²) in [4.78, 5) is 25.6. The second kappa shape index (κ2) is 6.96. The Hall–Kier alpha value is -3.21. The topological polar surface area (TPSA) is 110 Å². The molecule has 1 aliphatic rings. The first-order valence-corrected chi connectivity index (χ1v) is 8.31. The molecule has 1 fully saturated rings. The van der Waals surface area contributed by atoms with Crippen molar-refractivity contribution in [2.24, 2.45) is 5.92 Å². The number of ether oxygens (including phenoxy) is 1. The molecule has 0 radical (unpaired) electrons. The summed E-state index contributed by atoms with van der Waals surface area (Å²) in [6, 6.07) is 11.3. The van der Waals surface area contributed by atoms with Crippen molar-refractivity contribution in [2.75, 3.05) is 6.61 Å². The predicted octanol–water partition coefficient (Wildman–Crippen LogP) is 1.54. The van der Waals surface area contributed by atoms with E-state index in [2.05, 4.69) is 21.6 Å². The zero-order valence-electron chi connectivity index (χ0n) is 14.6. The Balaban J connectivity index is 1.61. The summed E-state index contributed by atoms with van der Waals surface area (Å²) in [5.74, 6) is -1.09. The zero-order valence-corrected chi connectivity index (χ0v) is 14.6. The number of carbonyl (C=O) groups is 2. The summed E-state index contributed by atoms with van der Waals surface area (Å²) in [5.41, 5.74) is 0.239. The highest BCUT2D eigenvalue weighted by molar-refractivity contribution is 5.90. The van der Waals surface area contributed by atoms with Gasteiger partial charge in [0.25, 0.3) is 5.91 Å². The number of aromatic nitrogens is 3. The summed E-state index contributed by atoms with van der Waals surface area (Å²) < 4.78 is 5.03. The Kier molecular flexibility index (Phi) is 4.71. The van der Waals surface area contributed by atoms with Crippen LogP contribution >= 0.6 is 0 Å². The summed E-state index contributed by atoms with van der Waals surface area (Å²) >= 11 is 0. The van der Waals surface area contributed by atoms with Crippen LogP contribution in [0.25, 0.3) is 5.69 Å². The number of rotatable bonds is 6. The van der Waals surface area contributed by atoms with Crippen molar-refractivity contribution < 1.29 is 14.3 Å². The second-order valence-corrected chi connectivity index (χ2v) is 6.47. The van der Waals surface area contributed by atoms with Gasteiger partial charge in [0.2, 0.25) is 0 Å². The van der Waals surface area contributed by atoms with Crippen LogP contribution in [0.15, 0.2) is 30.3 Å². The molecule has 0 bridgehead atoms. The van der Waals surface area contributed by atoms with Crippen molar-refractivity contribution in [3.63, 3.8) is 0 Å². The van der Waals surface area contributed by atoms with Crippen LogP contribution in [0.4, 0.5) is 0 Å². The Labute approximate surface area is 150 Å². The minimum absolute atomic E-state index is 0.0480. The van der Waals surface area contributed by atoms with Crippen LogP contribution in [0.1, 0.15) is 35.9 Å². The average Bonchev–Trinajstić information content (AvgIpc) is 3.43. The van der Waals surface area contributed by atoms with Gasteiger partial charge < -0.3 is 10.1 Å². The maximum absolute atomic E-state index is 12.2. The van der Waals surface area contributed by atoms with E-state index in [0.717, 1.165) is 12.8 Å². The van der Waals surface area contributed by atoms with Gasteiger partial charge in [0.05, 0.1) is 17.5 Å². The third kappa shape index (κ3) is 3.72. The minimum atomic E-state index is -0.921. The number of esters is 1. The highest BCUT2D eigenvalue weighted by Gasteiger charge is 2.43. The van der Waals surface area contributed by atoms with E-state index in [1.54, 1.807) is 13.8 Å². The van der Waals surface area contributed by atoms with Gasteiger partial charge >= 0.3 is 5.97 Å². The van der Waals surface area contributed by atoms with E-state index >= 15 is 0 Å². The quantitative estimate of drug-likeness (QED) is 0.789. The van der Waals surface area contributed by atoms with Crippen LogP contribution in [-0.2, 0) is 9.53 Å². The number of aryl methyl sites for hydroxylation is 1. The number of nitrogens with zero attached hydrogens (tertiary/aromatic N) is 4. The van der Waals surface area contributed by atoms with Crippen LogP contribution in [0.5, 0.6) is 0 Å². The fourth-order valence-electron chi connectivity index (χ4n) is 2.65. The number of benzene rings is 1. The number of hydrogen-bond acceptors (Lipinski definition) is 6. The molecule has 0 saturated heterocycles. The highest BCUT2D eigenvalue weighted by Crippen LogP contribution is 2.39. The van der Waals surface area contributed by atoms with Crippen molar-refractivity contribution in [1.82, 2.24) is 20.3 Å². The van der Waals surface area contributed by atoms with Crippen molar-refractivity contribution >= 4 is 11.9 Å². The molecule has 1 N–H and O–H groups in total. The molecule has 1 aromatic carbocycles. The maximum atomic E-state index is 12.2. The van der Waals surface area contributed by atoms with Crippen LogP contribution in [0, 0.1) is 24.2 Å². The Morgan fingerprint density at radius 2 is 2.04 bits per heavy atom. The van der Waals surface area contributed by atoms with Gasteiger partial charge in [0.15, 0.2) is 12.3 Å². The molecule has 1 aromatic heterocycles. The molecule has 1 amide bonds. The van der Waals surface area contributed by atoms with Gasteiger partial charge in [0.1, 0.15) is 5.54 Å². The van der Waals surface area contributed by atoms with Gasteiger partial charge in [-0.15, -0.1) is 5.10 Å². The fraction of sp³-hybridized carbons (Fsp3) is 0.389. The highest BCUT2D eigenvalue weighted by atomic mass is 16.5. The first-order valence-electron chi connectivity index (χ1n) is 8.31. The molecule has 3 rings (SSSR count). The average molecular weight is 353 g/mol. The first-order chi connectivity index (χ1) is 12.4. The lowest BCUT2D eigenvalue weighted by molar-refractivity contribution is -0.125. The summed E-state index contributed by atoms with van der Waals surface area (Å²) in [7, 11) is 0. The van der Waals surface area contributed by atoms with E-state index in [9.17, 15) is 14.9 Å². The third-order valence-corrected chi connectivity index (χ3v) is 4.32. The Morgan fingerprint density at radius 3 is 2.65 bits per heavy atom. The molecule has 8 heteroatoms. The van der Waals surface area contributed by atoms with Gasteiger partial charge in [-0.25, -0.2) is 4.79 Å². The molecule has 0 aliphatic heterocycles. The molecular weight excluding hydrogens is 334 g/mol. The van der Waals surface area contributed by atoms with Crippen molar-refractivity contribution in [1.29, 1.82) is 5.26 Å². The third-order valence-electron chi connectivity index (χ3n) is 4.32. The van der Waals surface area contributed by atoms with Crippen LogP contribution in [-0.4, -0.2) is 39.0 Å². The molecule has 0 unspecified atom stereocenters. The number of carbonyl (C=O) groups excluding carboxylic acids is 2. The number of nitrogens with one attached hydrogen (secondary N) is 1. The van der Waals surface area contributed by atoms with Gasteiger partial charge in [-0.05, 0) is 44.7 Å². The Morgan fingerprint density at radius 1 is 1.35 bits per heavy atom. The van der Waals surface area contributed by atoms with E-state index in [1.807, 2.05) is 30.3 Å². The Bertz CT molecular complexity index is 867. The van der Waals surface area contributed by atoms with E-state index in [0.29, 0.717) is 11.4 Å². The molecule has 26 heavy (non-hydrogen) atoms. The smallest absolute Gasteiger partial charge is 0.361 e. The fourth-order valence-corrected chi connectivity index (χ4v) is 2.65. The maximum Gasteiger partial charge on any atom is 0.361 e. The molecule has 8 nitrogen and oxygen atoms in total. The van der Waals surface area contributed by atoms with Gasteiger partial charge in [-0.1, -0.05) is 18.2 Å². The van der Waals surface area contributed by atoms with Gasteiger partial charge in [-0.3, -0.25) is 4.79 Å². The summed E-state index contributed by atoms with van der Waals surface area (Å²) in [6.07, 6.45) is 1.82. The lowest BCUT2D eigenvalue weighted by Gasteiger charge is -2.22. The van der Waals surface area contributed by atoms with Crippen molar-refractivity contribution in [3.05, 3.63) is 41.7 Å². The van der Waals surface area contributed by atoms with E-state index in [-0.39, 0.29) is 11.6 Å². The monoisotopic (exact) mass is 353 g/mol. The molecule has 1 atom stereocenters. The predicted molar refractivity (Wildman–Crippen MR) is 91.3 cm³/mol. The van der Waals surface area contributed by atoms with Crippen molar-refractivity contribution in [3.8, 4) is 11.8 Å². The van der Waals surface area contributed by atoms with Crippen LogP contribution < -0.4 is 5.32 Å². The zero-order chi connectivity index (χ0) is 18.7. The second-order valence-electron chi connectivity index (χ2n) is 6.47. The van der Waals surface area contributed by atoms with Crippen molar-refractivity contribution in [2.45, 2.75) is 32.2 Å². The number of hydrogen-bond donors (Lipinski definition) is 1.